The van der Waals surface area contributed by atoms with Gasteiger partial charge in [-0.3, -0.25) is 4.79 Å². The van der Waals surface area contributed by atoms with Crippen molar-refractivity contribution in [1.82, 2.24) is 0 Å². The highest BCUT2D eigenvalue weighted by Crippen LogP contribution is 2.29. The van der Waals surface area contributed by atoms with Crippen LogP contribution in [0.3, 0.4) is 0 Å². The summed E-state index contributed by atoms with van der Waals surface area (Å²) in [5.41, 5.74) is 1.82. The Labute approximate surface area is 89.3 Å². The zero-order valence-corrected chi connectivity index (χ0v) is 8.45. The molecule has 1 aliphatic rings. The molecular weight excluding hydrogens is 188 g/mol. The molecule has 2 heteroatoms. The van der Waals surface area contributed by atoms with Gasteiger partial charge in [0.15, 0.2) is 5.78 Å². The lowest BCUT2D eigenvalue weighted by atomic mass is 9.90. The molecule has 0 radical (unpaired) electrons. The summed E-state index contributed by atoms with van der Waals surface area (Å²) in [7, 11) is 0. The molecule has 2 nitrogen and oxygen atoms in total. The third-order valence-corrected chi connectivity index (χ3v) is 2.58. The molecule has 0 aromatic heterocycles. The lowest BCUT2D eigenvalue weighted by Crippen LogP contribution is -2.12. The fourth-order valence-electron chi connectivity index (χ4n) is 1.90. The van der Waals surface area contributed by atoms with E-state index < -0.39 is 0 Å². The first-order valence-corrected chi connectivity index (χ1v) is 5.04. The molecule has 0 unspecified atom stereocenters. The van der Waals surface area contributed by atoms with E-state index in [-0.39, 0.29) is 12.4 Å². The smallest absolute Gasteiger partial charge is 0.163 e. The summed E-state index contributed by atoms with van der Waals surface area (Å²) in [6.07, 6.45) is 7.59. The van der Waals surface area contributed by atoms with Gasteiger partial charge in [0.25, 0.3) is 0 Å². The molecule has 1 aromatic rings. The van der Waals surface area contributed by atoms with Gasteiger partial charge in [0.1, 0.15) is 12.4 Å². The number of ketones is 1. The van der Waals surface area contributed by atoms with Gasteiger partial charge in [-0.1, -0.05) is 18.1 Å². The Kier molecular flexibility index (Phi) is 2.73. The Bertz CT molecular complexity index is 427. The minimum Gasteiger partial charge on any atom is -0.481 e. The van der Waals surface area contributed by atoms with Gasteiger partial charge in [0, 0.05) is 17.5 Å². The van der Waals surface area contributed by atoms with E-state index in [1.54, 1.807) is 0 Å². The van der Waals surface area contributed by atoms with E-state index in [9.17, 15) is 4.79 Å². The average molecular weight is 200 g/mol. The molecule has 76 valence electrons. The SMILES string of the molecule is C#CCOc1cccc2c1CCCC2=O. The number of terminal acetylenes is 1. The fourth-order valence-corrected chi connectivity index (χ4v) is 1.90. The number of ether oxygens (including phenoxy) is 1. The standard InChI is InChI=1S/C13H12O2/c1-2-9-15-13-8-4-5-10-11(13)6-3-7-12(10)14/h1,4-5,8H,3,6-7,9H2. The zero-order chi connectivity index (χ0) is 10.7. The summed E-state index contributed by atoms with van der Waals surface area (Å²) in [5, 5.41) is 0. The van der Waals surface area contributed by atoms with Gasteiger partial charge in [-0.2, -0.15) is 0 Å². The van der Waals surface area contributed by atoms with E-state index in [1.165, 1.54) is 0 Å². The second-order valence-corrected chi connectivity index (χ2v) is 3.55. The zero-order valence-electron chi connectivity index (χ0n) is 8.45. The predicted octanol–water partition coefficient (Wildman–Crippen LogP) is 2.22. The molecule has 0 saturated heterocycles. The van der Waals surface area contributed by atoms with Crippen LogP contribution in [-0.4, -0.2) is 12.4 Å². The number of rotatable bonds is 2. The molecule has 0 atom stereocenters. The molecule has 2 rings (SSSR count). The van der Waals surface area contributed by atoms with Gasteiger partial charge in [0.05, 0.1) is 0 Å². The van der Waals surface area contributed by atoms with E-state index in [1.807, 2.05) is 18.2 Å². The van der Waals surface area contributed by atoms with Crippen LogP contribution in [0.2, 0.25) is 0 Å². The van der Waals surface area contributed by atoms with Crippen molar-refractivity contribution in [2.45, 2.75) is 19.3 Å². The lowest BCUT2D eigenvalue weighted by Gasteiger charge is -2.17. The van der Waals surface area contributed by atoms with E-state index >= 15 is 0 Å². The van der Waals surface area contributed by atoms with Gasteiger partial charge < -0.3 is 4.74 Å². The van der Waals surface area contributed by atoms with E-state index in [2.05, 4.69) is 5.92 Å². The van der Waals surface area contributed by atoms with Crippen molar-refractivity contribution >= 4 is 5.78 Å². The van der Waals surface area contributed by atoms with Gasteiger partial charge in [-0.25, -0.2) is 0 Å². The number of hydrogen-bond donors (Lipinski definition) is 0. The van der Waals surface area contributed by atoms with Crippen molar-refractivity contribution in [2.75, 3.05) is 6.61 Å². The van der Waals surface area contributed by atoms with Gasteiger partial charge >= 0.3 is 0 Å². The third-order valence-electron chi connectivity index (χ3n) is 2.58. The number of benzene rings is 1. The maximum Gasteiger partial charge on any atom is 0.163 e. The normalized spacial score (nSPS) is 14.2. The average Bonchev–Trinajstić information content (AvgIpc) is 2.27. The molecule has 0 heterocycles. The van der Waals surface area contributed by atoms with Crippen LogP contribution in [0.25, 0.3) is 0 Å². The van der Waals surface area contributed by atoms with Crippen LogP contribution in [-0.2, 0) is 6.42 Å². The quantitative estimate of drug-likeness (QED) is 0.684. The summed E-state index contributed by atoms with van der Waals surface area (Å²) >= 11 is 0. The number of fused-ring (bicyclic) bond motifs is 1. The van der Waals surface area contributed by atoms with Crippen LogP contribution < -0.4 is 4.74 Å². The number of carbonyl (C=O) groups excluding carboxylic acids is 1. The summed E-state index contributed by atoms with van der Waals surface area (Å²) < 4.78 is 5.41. The maximum absolute atomic E-state index is 11.6. The van der Waals surface area contributed by atoms with Crippen LogP contribution in [0, 0.1) is 12.3 Å². The van der Waals surface area contributed by atoms with Crippen molar-refractivity contribution < 1.29 is 9.53 Å². The fraction of sp³-hybridized carbons (Fsp3) is 0.308. The highest BCUT2D eigenvalue weighted by molar-refractivity contribution is 5.99. The van der Waals surface area contributed by atoms with Crippen molar-refractivity contribution in [3.05, 3.63) is 29.3 Å². The molecular formula is C13H12O2. The second-order valence-electron chi connectivity index (χ2n) is 3.55. The molecule has 15 heavy (non-hydrogen) atoms. The molecule has 0 saturated carbocycles. The van der Waals surface area contributed by atoms with E-state index in [4.69, 9.17) is 11.2 Å². The minimum absolute atomic E-state index is 0.211. The first-order valence-electron chi connectivity index (χ1n) is 5.04. The first kappa shape index (κ1) is 9.79. The van der Waals surface area contributed by atoms with E-state index in [0.717, 1.165) is 29.7 Å². The van der Waals surface area contributed by atoms with Gasteiger partial charge in [-0.05, 0) is 18.9 Å². The van der Waals surface area contributed by atoms with Crippen molar-refractivity contribution in [1.29, 1.82) is 0 Å². The molecule has 1 aliphatic carbocycles. The number of hydrogen-bond acceptors (Lipinski definition) is 2. The molecule has 0 fully saturated rings. The Morgan fingerprint density at radius 3 is 3.07 bits per heavy atom. The molecule has 1 aromatic carbocycles. The van der Waals surface area contributed by atoms with Crippen LogP contribution in [0.5, 0.6) is 5.75 Å². The Morgan fingerprint density at radius 2 is 2.27 bits per heavy atom. The summed E-state index contributed by atoms with van der Waals surface area (Å²) in [5.74, 6) is 3.40. The van der Waals surface area contributed by atoms with Crippen molar-refractivity contribution in [2.24, 2.45) is 0 Å². The van der Waals surface area contributed by atoms with Crippen LogP contribution in [0.4, 0.5) is 0 Å². The number of carbonyl (C=O) groups is 1. The Morgan fingerprint density at radius 1 is 1.40 bits per heavy atom. The molecule has 0 amide bonds. The summed E-state index contributed by atoms with van der Waals surface area (Å²) in [4.78, 5) is 11.6. The number of Topliss-reactive ketones (excluding diaryl/α,β-unsaturated/α-hetero) is 1. The van der Waals surface area contributed by atoms with E-state index in [0.29, 0.717) is 6.42 Å². The second kappa shape index (κ2) is 4.18. The van der Waals surface area contributed by atoms with Crippen LogP contribution in [0.1, 0.15) is 28.8 Å². The maximum atomic E-state index is 11.6. The Hall–Kier alpha value is -1.75. The first-order chi connectivity index (χ1) is 7.33. The monoisotopic (exact) mass is 200 g/mol. The van der Waals surface area contributed by atoms with Crippen LogP contribution >= 0.6 is 0 Å². The molecule has 0 aliphatic heterocycles. The van der Waals surface area contributed by atoms with Gasteiger partial charge in [0.2, 0.25) is 0 Å². The largest absolute Gasteiger partial charge is 0.481 e. The molecule has 0 bridgehead atoms. The minimum atomic E-state index is 0.211. The highest BCUT2D eigenvalue weighted by atomic mass is 16.5. The van der Waals surface area contributed by atoms with Crippen LogP contribution in [0.15, 0.2) is 18.2 Å². The third kappa shape index (κ3) is 1.87. The summed E-state index contributed by atoms with van der Waals surface area (Å²) in [6, 6.07) is 5.57. The molecule has 0 N–H and O–H groups in total. The topological polar surface area (TPSA) is 26.3 Å². The Balaban J connectivity index is 2.36. The molecule has 0 spiro atoms. The van der Waals surface area contributed by atoms with Gasteiger partial charge in [-0.15, -0.1) is 6.42 Å². The van der Waals surface area contributed by atoms with Crippen molar-refractivity contribution in [3.63, 3.8) is 0 Å². The summed E-state index contributed by atoms with van der Waals surface area (Å²) in [6.45, 7) is 0.255. The predicted molar refractivity (Wildman–Crippen MR) is 58.0 cm³/mol. The lowest BCUT2D eigenvalue weighted by molar-refractivity contribution is 0.0971. The highest BCUT2D eigenvalue weighted by Gasteiger charge is 2.19. The van der Waals surface area contributed by atoms with Crippen molar-refractivity contribution in [3.8, 4) is 18.1 Å².